The molecule has 0 spiro atoms. The van der Waals surface area contributed by atoms with E-state index in [0.717, 1.165) is 12.8 Å². The first-order valence-corrected chi connectivity index (χ1v) is 6.53. The zero-order valence-electron chi connectivity index (χ0n) is 10.4. The standard InChI is InChI=1S/C12H20N2O4/c15-11(16)9-2-3-10(8-9)13-12(17)14-4-1-6-18-7-5-14/h9-10H,1-8H2,(H,13,17)(H,15,16). The van der Waals surface area contributed by atoms with Gasteiger partial charge in [-0.3, -0.25) is 4.79 Å². The van der Waals surface area contributed by atoms with E-state index in [1.165, 1.54) is 0 Å². The van der Waals surface area contributed by atoms with Gasteiger partial charge in [0.05, 0.1) is 12.5 Å². The van der Waals surface area contributed by atoms with Gasteiger partial charge in [-0.15, -0.1) is 0 Å². The maximum absolute atomic E-state index is 12.0. The van der Waals surface area contributed by atoms with Crippen molar-refractivity contribution in [3.63, 3.8) is 0 Å². The molecule has 2 atom stereocenters. The largest absolute Gasteiger partial charge is 0.481 e. The van der Waals surface area contributed by atoms with Crippen LogP contribution in [0.4, 0.5) is 4.79 Å². The number of carbonyl (C=O) groups excluding carboxylic acids is 1. The Morgan fingerprint density at radius 3 is 2.78 bits per heavy atom. The van der Waals surface area contributed by atoms with Crippen LogP contribution in [-0.2, 0) is 9.53 Å². The van der Waals surface area contributed by atoms with Gasteiger partial charge in [0.15, 0.2) is 0 Å². The van der Waals surface area contributed by atoms with Crippen molar-refractivity contribution in [2.75, 3.05) is 26.3 Å². The number of rotatable bonds is 2. The van der Waals surface area contributed by atoms with Gasteiger partial charge >= 0.3 is 12.0 Å². The zero-order valence-corrected chi connectivity index (χ0v) is 10.4. The molecule has 2 unspecified atom stereocenters. The molecule has 2 amide bonds. The summed E-state index contributed by atoms with van der Waals surface area (Å²) >= 11 is 0. The van der Waals surface area contributed by atoms with Gasteiger partial charge in [0, 0.05) is 25.7 Å². The number of aliphatic carboxylic acids is 1. The molecule has 1 saturated carbocycles. The van der Waals surface area contributed by atoms with Crippen LogP contribution in [0.15, 0.2) is 0 Å². The van der Waals surface area contributed by atoms with E-state index in [-0.39, 0.29) is 18.0 Å². The second-order valence-electron chi connectivity index (χ2n) is 4.95. The summed E-state index contributed by atoms with van der Waals surface area (Å²) < 4.78 is 5.29. The molecule has 102 valence electrons. The summed E-state index contributed by atoms with van der Waals surface area (Å²) in [6.45, 7) is 2.60. The van der Waals surface area contributed by atoms with Gasteiger partial charge < -0.3 is 20.1 Å². The summed E-state index contributed by atoms with van der Waals surface area (Å²) in [5.41, 5.74) is 0. The highest BCUT2D eigenvalue weighted by Gasteiger charge is 2.31. The van der Waals surface area contributed by atoms with E-state index in [0.29, 0.717) is 39.1 Å². The van der Waals surface area contributed by atoms with Gasteiger partial charge in [-0.2, -0.15) is 0 Å². The first-order valence-electron chi connectivity index (χ1n) is 6.53. The van der Waals surface area contributed by atoms with Gasteiger partial charge in [-0.05, 0) is 25.7 Å². The second-order valence-corrected chi connectivity index (χ2v) is 4.95. The third kappa shape index (κ3) is 3.35. The van der Waals surface area contributed by atoms with E-state index in [4.69, 9.17) is 9.84 Å². The number of carbonyl (C=O) groups is 2. The molecular weight excluding hydrogens is 236 g/mol. The molecule has 0 aromatic carbocycles. The quantitative estimate of drug-likeness (QED) is 0.761. The van der Waals surface area contributed by atoms with Crippen molar-refractivity contribution in [1.82, 2.24) is 10.2 Å². The fraction of sp³-hybridized carbons (Fsp3) is 0.833. The molecule has 18 heavy (non-hydrogen) atoms. The molecule has 6 nitrogen and oxygen atoms in total. The number of urea groups is 1. The number of hydrogen-bond donors (Lipinski definition) is 2. The summed E-state index contributed by atoms with van der Waals surface area (Å²) in [6, 6.07) is -0.0840. The average Bonchev–Trinajstić information content (AvgIpc) is 2.64. The first-order chi connectivity index (χ1) is 8.66. The van der Waals surface area contributed by atoms with Crippen molar-refractivity contribution in [3.05, 3.63) is 0 Å². The Kier molecular flexibility index (Phi) is 4.41. The molecular formula is C12H20N2O4. The van der Waals surface area contributed by atoms with Gasteiger partial charge in [-0.25, -0.2) is 4.79 Å². The molecule has 1 aliphatic carbocycles. The highest BCUT2D eigenvalue weighted by Crippen LogP contribution is 2.25. The molecule has 6 heteroatoms. The lowest BCUT2D eigenvalue weighted by molar-refractivity contribution is -0.141. The molecule has 2 aliphatic rings. The number of hydrogen-bond acceptors (Lipinski definition) is 3. The van der Waals surface area contributed by atoms with E-state index in [2.05, 4.69) is 5.32 Å². The molecule has 1 aliphatic heterocycles. The van der Waals surface area contributed by atoms with E-state index >= 15 is 0 Å². The van der Waals surface area contributed by atoms with Crippen LogP contribution in [0.5, 0.6) is 0 Å². The van der Waals surface area contributed by atoms with Crippen LogP contribution >= 0.6 is 0 Å². The molecule has 1 heterocycles. The molecule has 0 aromatic heterocycles. The van der Waals surface area contributed by atoms with Crippen molar-refractivity contribution < 1.29 is 19.4 Å². The van der Waals surface area contributed by atoms with E-state index < -0.39 is 5.97 Å². The minimum atomic E-state index is -0.755. The predicted molar refractivity (Wildman–Crippen MR) is 64.3 cm³/mol. The monoisotopic (exact) mass is 256 g/mol. The van der Waals surface area contributed by atoms with Crippen molar-refractivity contribution in [3.8, 4) is 0 Å². The summed E-state index contributed by atoms with van der Waals surface area (Å²) in [5, 5.41) is 11.8. The predicted octanol–water partition coefficient (Wildman–Crippen LogP) is 0.672. The topological polar surface area (TPSA) is 78.9 Å². The fourth-order valence-electron chi connectivity index (χ4n) is 2.55. The van der Waals surface area contributed by atoms with Gasteiger partial charge in [0.25, 0.3) is 0 Å². The molecule has 1 saturated heterocycles. The van der Waals surface area contributed by atoms with Crippen molar-refractivity contribution in [2.24, 2.45) is 5.92 Å². The fourth-order valence-corrected chi connectivity index (χ4v) is 2.55. The lowest BCUT2D eigenvalue weighted by Gasteiger charge is -2.22. The third-order valence-corrected chi connectivity index (χ3v) is 3.62. The maximum atomic E-state index is 12.0. The van der Waals surface area contributed by atoms with Crippen LogP contribution in [0.1, 0.15) is 25.7 Å². The minimum absolute atomic E-state index is 0.00257. The Morgan fingerprint density at radius 2 is 2.06 bits per heavy atom. The van der Waals surface area contributed by atoms with Crippen LogP contribution in [0.3, 0.4) is 0 Å². The summed E-state index contributed by atoms with van der Waals surface area (Å²) in [4.78, 5) is 24.6. The number of ether oxygens (including phenoxy) is 1. The van der Waals surface area contributed by atoms with Gasteiger partial charge in [0.2, 0.25) is 0 Å². The summed E-state index contributed by atoms with van der Waals surface area (Å²) in [5.74, 6) is -1.06. The summed E-state index contributed by atoms with van der Waals surface area (Å²) in [7, 11) is 0. The van der Waals surface area contributed by atoms with E-state index in [9.17, 15) is 9.59 Å². The number of carboxylic acid groups (broad SMARTS) is 1. The number of nitrogens with zero attached hydrogens (tertiary/aromatic N) is 1. The Labute approximate surface area is 106 Å². The summed E-state index contributed by atoms with van der Waals surface area (Å²) in [6.07, 6.45) is 2.82. The van der Waals surface area contributed by atoms with Crippen LogP contribution in [0.2, 0.25) is 0 Å². The molecule has 2 rings (SSSR count). The molecule has 0 radical (unpaired) electrons. The normalized spacial score (nSPS) is 28.8. The van der Waals surface area contributed by atoms with Crippen LogP contribution < -0.4 is 5.32 Å². The number of carboxylic acids is 1. The molecule has 2 fully saturated rings. The highest BCUT2D eigenvalue weighted by atomic mass is 16.5. The first kappa shape index (κ1) is 13.1. The van der Waals surface area contributed by atoms with Crippen LogP contribution in [0, 0.1) is 5.92 Å². The van der Waals surface area contributed by atoms with Gasteiger partial charge in [0.1, 0.15) is 0 Å². The molecule has 0 aromatic rings. The Morgan fingerprint density at radius 1 is 1.22 bits per heavy atom. The number of nitrogens with one attached hydrogen (secondary N) is 1. The molecule has 0 bridgehead atoms. The van der Waals surface area contributed by atoms with Crippen molar-refractivity contribution >= 4 is 12.0 Å². The smallest absolute Gasteiger partial charge is 0.317 e. The SMILES string of the molecule is O=C(O)C1CCC(NC(=O)N2CCCOCC2)C1. The van der Waals surface area contributed by atoms with E-state index in [1.807, 2.05) is 0 Å². The zero-order chi connectivity index (χ0) is 13.0. The van der Waals surface area contributed by atoms with E-state index in [1.54, 1.807) is 4.90 Å². The lowest BCUT2D eigenvalue weighted by atomic mass is 10.1. The van der Waals surface area contributed by atoms with Crippen LogP contribution in [0.25, 0.3) is 0 Å². The Bertz CT molecular complexity index is 313. The maximum Gasteiger partial charge on any atom is 0.317 e. The van der Waals surface area contributed by atoms with Crippen molar-refractivity contribution in [1.29, 1.82) is 0 Å². The minimum Gasteiger partial charge on any atom is -0.481 e. The third-order valence-electron chi connectivity index (χ3n) is 3.62. The second kappa shape index (κ2) is 6.04. The molecule has 2 N–H and O–H groups in total. The Balaban J connectivity index is 1.78. The number of amides is 2. The Hall–Kier alpha value is -1.30. The highest BCUT2D eigenvalue weighted by molar-refractivity contribution is 5.75. The van der Waals surface area contributed by atoms with Crippen LogP contribution in [-0.4, -0.2) is 54.4 Å². The average molecular weight is 256 g/mol. The van der Waals surface area contributed by atoms with Crippen molar-refractivity contribution in [2.45, 2.75) is 31.7 Å². The van der Waals surface area contributed by atoms with Gasteiger partial charge in [-0.1, -0.05) is 0 Å². The lowest BCUT2D eigenvalue weighted by Crippen LogP contribution is -2.45.